The Balaban J connectivity index is 2.12. The number of rotatable bonds is 6. The smallest absolute Gasteiger partial charge is 0.171 e. The largest absolute Gasteiger partial charge is 0.497 e. The third kappa shape index (κ3) is 3.46. The summed E-state index contributed by atoms with van der Waals surface area (Å²) in [5.41, 5.74) is 7.32. The first-order chi connectivity index (χ1) is 10.0. The predicted molar refractivity (Wildman–Crippen MR) is 85.6 cm³/mol. The minimum absolute atomic E-state index is 0.0208. The van der Waals surface area contributed by atoms with E-state index in [1.807, 2.05) is 18.2 Å². The number of nitrogen functional groups attached to an aromatic ring is 1. The molecule has 1 heterocycles. The summed E-state index contributed by atoms with van der Waals surface area (Å²) in [7, 11) is 3.24. The highest BCUT2D eigenvalue weighted by Gasteiger charge is 2.11. The number of thiophene rings is 1. The quantitative estimate of drug-likeness (QED) is 0.802. The SMILES string of the molecule is COc1ccc(CNc2cc(N)c(C(C)=O)s2)c(OC)c1. The maximum absolute atomic E-state index is 11.4. The average molecular weight is 306 g/mol. The van der Waals surface area contributed by atoms with Crippen LogP contribution < -0.4 is 20.5 Å². The number of nitrogens with one attached hydrogen (secondary N) is 1. The minimum atomic E-state index is -0.0208. The molecule has 0 amide bonds. The van der Waals surface area contributed by atoms with Crippen LogP contribution in [0.3, 0.4) is 0 Å². The molecular weight excluding hydrogens is 288 g/mol. The molecule has 0 aliphatic carbocycles. The topological polar surface area (TPSA) is 73.6 Å². The van der Waals surface area contributed by atoms with Gasteiger partial charge < -0.3 is 20.5 Å². The number of ketones is 1. The van der Waals surface area contributed by atoms with Gasteiger partial charge in [0.15, 0.2) is 5.78 Å². The van der Waals surface area contributed by atoms with Gasteiger partial charge in [0, 0.05) is 25.1 Å². The van der Waals surface area contributed by atoms with E-state index in [-0.39, 0.29) is 5.78 Å². The van der Waals surface area contributed by atoms with Crippen LogP contribution in [0.15, 0.2) is 24.3 Å². The molecule has 1 aromatic heterocycles. The Hall–Kier alpha value is -2.21. The molecule has 112 valence electrons. The molecule has 0 bridgehead atoms. The van der Waals surface area contributed by atoms with Gasteiger partial charge in [0.2, 0.25) is 0 Å². The van der Waals surface area contributed by atoms with Crippen LogP contribution in [0.4, 0.5) is 10.7 Å². The summed E-state index contributed by atoms with van der Waals surface area (Å²) in [6.07, 6.45) is 0. The van der Waals surface area contributed by atoms with Crippen LogP contribution in [-0.4, -0.2) is 20.0 Å². The molecule has 0 saturated heterocycles. The first-order valence-corrected chi connectivity index (χ1v) is 7.21. The van der Waals surface area contributed by atoms with Crippen LogP contribution in [0.25, 0.3) is 0 Å². The minimum Gasteiger partial charge on any atom is -0.497 e. The standard InChI is InChI=1S/C15H18N2O3S/c1-9(18)15-12(16)7-14(21-15)17-8-10-4-5-11(19-2)6-13(10)20-3/h4-7,17H,8,16H2,1-3H3. The highest BCUT2D eigenvalue weighted by atomic mass is 32.1. The van der Waals surface area contributed by atoms with Crippen molar-refractivity contribution in [2.24, 2.45) is 0 Å². The normalized spacial score (nSPS) is 10.2. The molecule has 0 atom stereocenters. The third-order valence-electron chi connectivity index (χ3n) is 3.03. The van der Waals surface area contributed by atoms with E-state index in [9.17, 15) is 4.79 Å². The molecule has 6 heteroatoms. The fraction of sp³-hybridized carbons (Fsp3) is 0.267. The Labute approximate surface area is 127 Å². The molecule has 1 aromatic carbocycles. The molecule has 2 rings (SSSR count). The second-order valence-corrected chi connectivity index (χ2v) is 5.53. The lowest BCUT2D eigenvalue weighted by Crippen LogP contribution is -2.00. The number of Topliss-reactive ketones (excluding diaryl/α,β-unsaturated/α-hetero) is 1. The lowest BCUT2D eigenvalue weighted by molar-refractivity contribution is 0.102. The molecule has 21 heavy (non-hydrogen) atoms. The van der Waals surface area contributed by atoms with E-state index >= 15 is 0 Å². The zero-order valence-electron chi connectivity index (χ0n) is 12.2. The summed E-state index contributed by atoms with van der Waals surface area (Å²) in [6.45, 7) is 2.09. The Morgan fingerprint density at radius 3 is 2.62 bits per heavy atom. The second kappa shape index (κ2) is 6.49. The van der Waals surface area contributed by atoms with Gasteiger partial charge in [-0.15, -0.1) is 11.3 Å². The van der Waals surface area contributed by atoms with Crippen LogP contribution in [0, 0.1) is 0 Å². The molecule has 0 aliphatic heterocycles. The van der Waals surface area contributed by atoms with Gasteiger partial charge in [0.05, 0.1) is 29.8 Å². The molecular formula is C15H18N2O3S. The van der Waals surface area contributed by atoms with Gasteiger partial charge >= 0.3 is 0 Å². The number of nitrogens with two attached hydrogens (primary N) is 1. The molecule has 0 unspecified atom stereocenters. The lowest BCUT2D eigenvalue weighted by atomic mass is 10.2. The first-order valence-electron chi connectivity index (χ1n) is 6.40. The van der Waals surface area contributed by atoms with Crippen LogP contribution in [0.5, 0.6) is 11.5 Å². The predicted octanol–water partition coefficient (Wildman–Crippen LogP) is 3.16. The van der Waals surface area contributed by atoms with Crippen LogP contribution in [0.1, 0.15) is 22.2 Å². The number of carbonyl (C=O) groups is 1. The molecule has 5 nitrogen and oxygen atoms in total. The van der Waals surface area contributed by atoms with E-state index < -0.39 is 0 Å². The highest BCUT2D eigenvalue weighted by Crippen LogP contribution is 2.31. The van der Waals surface area contributed by atoms with Crippen molar-refractivity contribution >= 4 is 27.8 Å². The van der Waals surface area contributed by atoms with Gasteiger partial charge in [-0.2, -0.15) is 0 Å². The number of methoxy groups -OCH3 is 2. The van der Waals surface area contributed by atoms with E-state index in [4.69, 9.17) is 15.2 Å². The van der Waals surface area contributed by atoms with E-state index in [1.165, 1.54) is 18.3 Å². The summed E-state index contributed by atoms with van der Waals surface area (Å²) in [6, 6.07) is 7.43. The Morgan fingerprint density at radius 2 is 2.05 bits per heavy atom. The monoisotopic (exact) mass is 306 g/mol. The van der Waals surface area contributed by atoms with Crippen molar-refractivity contribution in [3.8, 4) is 11.5 Å². The zero-order valence-corrected chi connectivity index (χ0v) is 13.0. The lowest BCUT2D eigenvalue weighted by Gasteiger charge is -2.11. The highest BCUT2D eigenvalue weighted by molar-refractivity contribution is 7.18. The Morgan fingerprint density at radius 1 is 1.29 bits per heavy atom. The molecule has 0 radical (unpaired) electrons. The third-order valence-corrected chi connectivity index (χ3v) is 4.24. The summed E-state index contributed by atoms with van der Waals surface area (Å²) < 4.78 is 10.5. The van der Waals surface area contributed by atoms with E-state index in [0.29, 0.717) is 17.1 Å². The number of ether oxygens (including phenoxy) is 2. The maximum Gasteiger partial charge on any atom is 0.171 e. The van der Waals surface area contributed by atoms with Crippen molar-refractivity contribution in [1.82, 2.24) is 0 Å². The Bertz CT molecular complexity index is 652. The first kappa shape index (κ1) is 15.2. The van der Waals surface area contributed by atoms with Crippen molar-refractivity contribution < 1.29 is 14.3 Å². The molecule has 0 saturated carbocycles. The fourth-order valence-corrected chi connectivity index (χ4v) is 2.82. The number of hydrogen-bond donors (Lipinski definition) is 2. The van der Waals surface area contributed by atoms with Crippen molar-refractivity contribution in [3.05, 3.63) is 34.7 Å². The van der Waals surface area contributed by atoms with Crippen LogP contribution in [-0.2, 0) is 6.54 Å². The van der Waals surface area contributed by atoms with Crippen LogP contribution in [0.2, 0.25) is 0 Å². The van der Waals surface area contributed by atoms with Crippen molar-refractivity contribution in [3.63, 3.8) is 0 Å². The number of carbonyl (C=O) groups excluding carboxylic acids is 1. The van der Waals surface area contributed by atoms with Gasteiger partial charge in [-0.3, -0.25) is 4.79 Å². The maximum atomic E-state index is 11.4. The van der Waals surface area contributed by atoms with E-state index in [2.05, 4.69) is 5.32 Å². The van der Waals surface area contributed by atoms with Gasteiger partial charge in [0.1, 0.15) is 11.5 Å². The number of anilines is 2. The van der Waals surface area contributed by atoms with Gasteiger partial charge in [-0.25, -0.2) is 0 Å². The number of hydrogen-bond acceptors (Lipinski definition) is 6. The summed E-state index contributed by atoms with van der Waals surface area (Å²) in [5.74, 6) is 1.47. The van der Waals surface area contributed by atoms with Gasteiger partial charge in [-0.05, 0) is 18.2 Å². The molecule has 0 fully saturated rings. The van der Waals surface area contributed by atoms with Gasteiger partial charge in [-0.1, -0.05) is 0 Å². The summed E-state index contributed by atoms with van der Waals surface area (Å²) >= 11 is 1.36. The van der Waals surface area contributed by atoms with Crippen LogP contribution >= 0.6 is 11.3 Å². The summed E-state index contributed by atoms with van der Waals surface area (Å²) in [5, 5.41) is 4.11. The molecule has 0 spiro atoms. The second-order valence-electron chi connectivity index (χ2n) is 4.48. The van der Waals surface area contributed by atoms with Crippen molar-refractivity contribution in [2.45, 2.75) is 13.5 Å². The van der Waals surface area contributed by atoms with Crippen molar-refractivity contribution in [1.29, 1.82) is 0 Å². The average Bonchev–Trinajstić information content (AvgIpc) is 2.86. The molecule has 0 aliphatic rings. The molecule has 2 aromatic rings. The van der Waals surface area contributed by atoms with E-state index in [0.717, 1.165) is 22.1 Å². The van der Waals surface area contributed by atoms with E-state index in [1.54, 1.807) is 20.3 Å². The fourth-order valence-electron chi connectivity index (χ4n) is 1.95. The summed E-state index contributed by atoms with van der Waals surface area (Å²) in [4.78, 5) is 12.0. The Kier molecular flexibility index (Phi) is 4.70. The molecule has 3 N–H and O–H groups in total. The zero-order chi connectivity index (χ0) is 15.4. The number of benzene rings is 1. The van der Waals surface area contributed by atoms with Crippen molar-refractivity contribution in [2.75, 3.05) is 25.3 Å². The van der Waals surface area contributed by atoms with Gasteiger partial charge in [0.25, 0.3) is 0 Å².